The first-order chi connectivity index (χ1) is 11.6. The van der Waals surface area contributed by atoms with E-state index in [9.17, 15) is 14.4 Å². The molecule has 5 nitrogen and oxygen atoms in total. The molecule has 0 spiro atoms. The van der Waals surface area contributed by atoms with E-state index in [1.54, 1.807) is 6.29 Å². The van der Waals surface area contributed by atoms with E-state index in [1.807, 2.05) is 6.92 Å². The van der Waals surface area contributed by atoms with Gasteiger partial charge in [0.1, 0.15) is 0 Å². The summed E-state index contributed by atoms with van der Waals surface area (Å²) < 4.78 is 9.15. The van der Waals surface area contributed by atoms with Gasteiger partial charge in [-0.3, -0.25) is 4.79 Å². The molecule has 1 aromatic rings. The van der Waals surface area contributed by atoms with Crippen LogP contribution in [0.25, 0.3) is 0 Å². The standard InChI is InChI=1S/C10H19O2.C8H3ClO3.K/c1-3-5-6-7-8-9-10(11)12-4-2;9-7-1-2-8(12-5-11)6(3-7)4-10;/h1,3-9H2,2H3;1-3H;/q-1;-2;+1. The molecule has 0 atom stereocenters. The second-order valence-electron chi connectivity index (χ2n) is 4.75. The molecular weight excluding hydrogens is 371 g/mol. The number of esters is 1. The summed E-state index contributed by atoms with van der Waals surface area (Å²) in [4.78, 5) is 30.9. The Balaban J connectivity index is 0. The third-order valence-electron chi connectivity index (χ3n) is 2.89. The summed E-state index contributed by atoms with van der Waals surface area (Å²) in [6.07, 6.45) is 7.59. The van der Waals surface area contributed by atoms with E-state index in [-0.39, 0.29) is 68.7 Å². The first-order valence-corrected chi connectivity index (χ1v) is 8.13. The monoisotopic (exact) mass is 392 g/mol. The van der Waals surface area contributed by atoms with E-state index in [0.29, 0.717) is 18.1 Å². The molecule has 7 heteroatoms. The van der Waals surface area contributed by atoms with Crippen molar-refractivity contribution in [2.45, 2.75) is 45.4 Å². The van der Waals surface area contributed by atoms with Crippen LogP contribution >= 0.6 is 11.6 Å². The Morgan fingerprint density at radius 1 is 1.20 bits per heavy atom. The first-order valence-electron chi connectivity index (χ1n) is 7.75. The van der Waals surface area contributed by atoms with Crippen LogP contribution in [0.5, 0.6) is 5.75 Å². The molecule has 0 aliphatic carbocycles. The maximum Gasteiger partial charge on any atom is 1.00 e. The summed E-state index contributed by atoms with van der Waals surface area (Å²) in [6.45, 7) is 7.29. The topological polar surface area (TPSA) is 69.7 Å². The molecule has 1 aromatic carbocycles. The predicted molar refractivity (Wildman–Crippen MR) is 92.3 cm³/mol. The molecule has 1 rings (SSSR count). The molecule has 0 saturated heterocycles. The zero-order valence-electron chi connectivity index (χ0n) is 14.8. The van der Waals surface area contributed by atoms with Crippen LogP contribution in [0.15, 0.2) is 18.2 Å². The zero-order chi connectivity index (χ0) is 18.2. The Morgan fingerprint density at radius 3 is 2.44 bits per heavy atom. The van der Waals surface area contributed by atoms with Gasteiger partial charge < -0.3 is 26.0 Å². The van der Waals surface area contributed by atoms with Gasteiger partial charge in [0.15, 0.2) is 6.47 Å². The summed E-state index contributed by atoms with van der Waals surface area (Å²) in [6, 6.07) is 4.24. The summed E-state index contributed by atoms with van der Waals surface area (Å²) in [5.74, 6) is 0.0384. The van der Waals surface area contributed by atoms with E-state index in [4.69, 9.17) is 16.3 Å². The number of ether oxygens (including phenoxy) is 2. The van der Waals surface area contributed by atoms with Crippen molar-refractivity contribution in [3.8, 4) is 5.75 Å². The minimum absolute atomic E-state index is 0. The second-order valence-corrected chi connectivity index (χ2v) is 5.19. The normalized spacial score (nSPS) is 9.08. The molecule has 25 heavy (non-hydrogen) atoms. The maximum absolute atomic E-state index is 10.8. The van der Waals surface area contributed by atoms with Gasteiger partial charge in [0.05, 0.1) is 12.9 Å². The molecule has 0 saturated carbocycles. The fourth-order valence-electron chi connectivity index (χ4n) is 1.75. The molecular formula is C18H22ClKO5-2. The van der Waals surface area contributed by atoms with Crippen molar-refractivity contribution in [3.63, 3.8) is 0 Å². The van der Waals surface area contributed by atoms with Gasteiger partial charge in [0.2, 0.25) is 0 Å². The summed E-state index contributed by atoms with van der Waals surface area (Å²) in [5.41, 5.74) is 0.103. The van der Waals surface area contributed by atoms with Gasteiger partial charge in [0, 0.05) is 12.2 Å². The van der Waals surface area contributed by atoms with Crippen molar-refractivity contribution in [2.75, 3.05) is 6.61 Å². The van der Waals surface area contributed by atoms with E-state index in [1.165, 1.54) is 37.5 Å². The smallest absolute Gasteiger partial charge is 0.581 e. The van der Waals surface area contributed by atoms with E-state index in [0.717, 1.165) is 19.3 Å². The van der Waals surface area contributed by atoms with Crippen LogP contribution in [-0.2, 0) is 19.1 Å². The number of halogens is 1. The number of unbranched alkanes of at least 4 members (excludes halogenated alkanes) is 4. The molecule has 0 aromatic heterocycles. The second kappa shape index (κ2) is 18.5. The average molecular weight is 393 g/mol. The Hall–Kier alpha value is -0.244. The fraction of sp³-hybridized carbons (Fsp3) is 0.444. The van der Waals surface area contributed by atoms with Crippen LogP contribution < -0.4 is 56.1 Å². The van der Waals surface area contributed by atoms with Crippen molar-refractivity contribution in [1.82, 2.24) is 0 Å². The van der Waals surface area contributed by atoms with Gasteiger partial charge in [-0.25, -0.2) is 0 Å². The van der Waals surface area contributed by atoms with Crippen molar-refractivity contribution in [3.05, 3.63) is 35.7 Å². The van der Waals surface area contributed by atoms with Crippen molar-refractivity contribution in [1.29, 1.82) is 0 Å². The summed E-state index contributed by atoms with van der Waals surface area (Å²) in [7, 11) is 0. The number of carbonyl (C=O) groups excluding carboxylic acids is 3. The Kier molecular flexibility index (Phi) is 20.0. The number of rotatable bonds is 10. The molecule has 0 unspecified atom stereocenters. The Labute approximate surface area is 197 Å². The third kappa shape index (κ3) is 14.6. The molecule has 0 N–H and O–H groups in total. The molecule has 0 amide bonds. The van der Waals surface area contributed by atoms with Crippen LogP contribution in [0, 0.1) is 6.92 Å². The largest absolute Gasteiger partial charge is 1.00 e. The summed E-state index contributed by atoms with van der Waals surface area (Å²) >= 11 is 5.56. The zero-order valence-corrected chi connectivity index (χ0v) is 18.7. The number of hydrogen-bond donors (Lipinski definition) is 0. The van der Waals surface area contributed by atoms with Gasteiger partial charge in [-0.05, 0) is 18.4 Å². The average Bonchev–Trinajstić information content (AvgIpc) is 2.57. The molecule has 0 heterocycles. The maximum atomic E-state index is 10.8. The first kappa shape index (κ1) is 27.0. The van der Waals surface area contributed by atoms with Gasteiger partial charge in [-0.2, -0.15) is 6.42 Å². The van der Waals surface area contributed by atoms with Crippen molar-refractivity contribution in [2.24, 2.45) is 0 Å². The molecule has 0 aliphatic rings. The molecule has 0 aliphatic heterocycles. The van der Waals surface area contributed by atoms with Gasteiger partial charge >= 0.3 is 57.4 Å². The molecule has 134 valence electrons. The minimum Gasteiger partial charge on any atom is -0.581 e. The van der Waals surface area contributed by atoms with Gasteiger partial charge in [-0.1, -0.05) is 43.0 Å². The number of carbonyl (C=O) groups is 1. The minimum atomic E-state index is -0.0628. The van der Waals surface area contributed by atoms with Crippen LogP contribution in [0.1, 0.15) is 51.0 Å². The van der Waals surface area contributed by atoms with E-state index >= 15 is 0 Å². The molecule has 0 bridgehead atoms. The van der Waals surface area contributed by atoms with Gasteiger partial charge in [0.25, 0.3) is 0 Å². The quantitative estimate of drug-likeness (QED) is 0.257. The Bertz CT molecular complexity index is 508. The van der Waals surface area contributed by atoms with Gasteiger partial charge in [-0.15, -0.1) is 11.6 Å². The van der Waals surface area contributed by atoms with Crippen LogP contribution in [0.2, 0.25) is 5.02 Å². The third-order valence-corrected chi connectivity index (χ3v) is 3.12. The molecule has 0 radical (unpaired) electrons. The summed E-state index contributed by atoms with van der Waals surface area (Å²) in [5, 5.41) is 0.381. The number of benzene rings is 1. The fourth-order valence-corrected chi connectivity index (χ4v) is 1.92. The molecule has 0 fully saturated rings. The van der Waals surface area contributed by atoms with E-state index in [2.05, 4.69) is 11.7 Å². The van der Waals surface area contributed by atoms with Crippen LogP contribution in [0.3, 0.4) is 0 Å². The Morgan fingerprint density at radius 2 is 1.88 bits per heavy atom. The SMILES string of the molecule is O=[C-]Oc1ccc(Cl)cc1[C-]=O.[CH2-]CCCCCCC(=O)OCC.[K+]. The van der Waals surface area contributed by atoms with Crippen molar-refractivity contribution < 1.29 is 75.2 Å². The van der Waals surface area contributed by atoms with Crippen LogP contribution in [0.4, 0.5) is 0 Å². The number of hydrogen-bond acceptors (Lipinski definition) is 5. The van der Waals surface area contributed by atoms with Crippen LogP contribution in [-0.4, -0.2) is 25.3 Å². The predicted octanol–water partition coefficient (Wildman–Crippen LogP) is 0.972. The van der Waals surface area contributed by atoms with E-state index < -0.39 is 0 Å². The van der Waals surface area contributed by atoms with Crippen molar-refractivity contribution >= 4 is 30.3 Å².